The Labute approximate surface area is 150 Å². The number of hydrogen-bond acceptors (Lipinski definition) is 3. The van der Waals surface area contributed by atoms with Gasteiger partial charge >= 0.3 is 6.09 Å². The summed E-state index contributed by atoms with van der Waals surface area (Å²) in [5.74, 6) is 1.72. The summed E-state index contributed by atoms with van der Waals surface area (Å²) in [6.07, 6.45) is 6.90. The molecule has 1 aromatic rings. The van der Waals surface area contributed by atoms with Crippen LogP contribution in [0.1, 0.15) is 57.9 Å². The molecule has 0 bridgehead atoms. The van der Waals surface area contributed by atoms with Gasteiger partial charge in [0.1, 0.15) is 5.60 Å². The van der Waals surface area contributed by atoms with Crippen LogP contribution in [-0.2, 0) is 10.3 Å². The molecule has 1 saturated heterocycles. The Bertz CT molecular complexity index is 627. The number of carbonyl (C=O) groups is 1. The van der Waals surface area contributed by atoms with Crippen LogP contribution >= 0.6 is 0 Å². The predicted octanol–water partition coefficient (Wildman–Crippen LogP) is 4.75. The maximum Gasteiger partial charge on any atom is 0.412 e. The van der Waals surface area contributed by atoms with E-state index in [2.05, 4.69) is 30.1 Å². The van der Waals surface area contributed by atoms with Crippen LogP contribution in [0.2, 0.25) is 0 Å². The fourth-order valence-corrected chi connectivity index (χ4v) is 5.11. The van der Waals surface area contributed by atoms with Crippen LogP contribution in [0, 0.1) is 11.8 Å². The van der Waals surface area contributed by atoms with E-state index in [4.69, 9.17) is 4.74 Å². The molecule has 1 aliphatic carbocycles. The van der Waals surface area contributed by atoms with Crippen molar-refractivity contribution in [2.45, 2.75) is 64.0 Å². The maximum absolute atomic E-state index is 12.0. The topological polar surface area (TPSA) is 41.6 Å². The molecule has 0 unspecified atom stereocenters. The van der Waals surface area contributed by atoms with Gasteiger partial charge in [-0.1, -0.05) is 32.0 Å². The third-order valence-electron chi connectivity index (χ3n) is 6.75. The quantitative estimate of drug-likeness (QED) is 0.843. The summed E-state index contributed by atoms with van der Waals surface area (Å²) >= 11 is 0. The molecule has 1 amide bonds. The first kappa shape index (κ1) is 16.9. The highest BCUT2D eigenvalue weighted by atomic mass is 16.6. The summed E-state index contributed by atoms with van der Waals surface area (Å²) in [4.78, 5) is 14.7. The summed E-state index contributed by atoms with van der Waals surface area (Å²) in [5.41, 5.74) is 1.65. The average molecular weight is 342 g/mol. The van der Waals surface area contributed by atoms with Crippen LogP contribution in [0.3, 0.4) is 0 Å². The van der Waals surface area contributed by atoms with E-state index in [1.165, 1.54) is 25.7 Å². The molecule has 0 aromatic heterocycles. The number of ether oxygens (including phenoxy) is 1. The number of rotatable bonds is 2. The number of piperidine rings is 1. The van der Waals surface area contributed by atoms with E-state index in [-0.39, 0.29) is 6.09 Å². The molecule has 1 saturated carbocycles. The van der Waals surface area contributed by atoms with Crippen molar-refractivity contribution in [3.8, 4) is 0 Å². The molecule has 4 rings (SSSR count). The molecule has 1 N–H and O–H groups in total. The van der Waals surface area contributed by atoms with E-state index < -0.39 is 5.60 Å². The molecule has 2 aliphatic heterocycles. The van der Waals surface area contributed by atoms with Crippen LogP contribution < -0.4 is 5.32 Å². The number of nitrogens with one attached hydrogen (secondary N) is 1. The van der Waals surface area contributed by atoms with Crippen molar-refractivity contribution >= 4 is 11.8 Å². The van der Waals surface area contributed by atoms with Crippen molar-refractivity contribution in [3.05, 3.63) is 29.8 Å². The molecule has 4 nitrogen and oxygen atoms in total. The largest absolute Gasteiger partial charge is 0.438 e. The zero-order valence-electron chi connectivity index (χ0n) is 15.5. The standard InChI is InChI=1S/C21H30N2O2/c1-15(2)16-7-9-17(10-8-16)23-13-11-21(12-14-23)18-5-3-4-6-19(18)22-20(24)25-21/h3-6,15-17H,7-14H2,1-2H3,(H,22,24). The van der Waals surface area contributed by atoms with Gasteiger partial charge in [-0.25, -0.2) is 4.79 Å². The highest BCUT2D eigenvalue weighted by Gasteiger charge is 2.45. The van der Waals surface area contributed by atoms with Gasteiger partial charge in [-0.2, -0.15) is 0 Å². The molecule has 25 heavy (non-hydrogen) atoms. The lowest BCUT2D eigenvalue weighted by atomic mass is 9.77. The van der Waals surface area contributed by atoms with Crippen LogP contribution in [0.15, 0.2) is 24.3 Å². The summed E-state index contributed by atoms with van der Waals surface area (Å²) in [7, 11) is 0. The Morgan fingerprint density at radius 3 is 2.48 bits per heavy atom. The number of amides is 1. The molecule has 3 aliphatic rings. The minimum Gasteiger partial charge on any atom is -0.438 e. The molecular formula is C21H30N2O2. The predicted molar refractivity (Wildman–Crippen MR) is 99.6 cm³/mol. The number of hydrogen-bond donors (Lipinski definition) is 1. The second kappa shape index (κ2) is 6.64. The zero-order chi connectivity index (χ0) is 17.4. The highest BCUT2D eigenvalue weighted by molar-refractivity contribution is 5.88. The highest BCUT2D eigenvalue weighted by Crippen LogP contribution is 2.44. The smallest absolute Gasteiger partial charge is 0.412 e. The molecule has 2 fully saturated rings. The van der Waals surface area contributed by atoms with E-state index in [0.717, 1.165) is 55.1 Å². The van der Waals surface area contributed by atoms with Gasteiger partial charge in [-0.3, -0.25) is 5.32 Å². The van der Waals surface area contributed by atoms with Gasteiger partial charge in [0, 0.05) is 37.5 Å². The number of benzene rings is 1. The monoisotopic (exact) mass is 342 g/mol. The second-order valence-electron chi connectivity index (χ2n) is 8.40. The average Bonchev–Trinajstić information content (AvgIpc) is 2.62. The first-order chi connectivity index (χ1) is 12.1. The summed E-state index contributed by atoms with van der Waals surface area (Å²) in [6.45, 7) is 6.77. The van der Waals surface area contributed by atoms with Crippen molar-refractivity contribution in [1.29, 1.82) is 0 Å². The number of carbonyl (C=O) groups excluding carboxylic acids is 1. The number of nitrogens with zero attached hydrogens (tertiary/aromatic N) is 1. The van der Waals surface area contributed by atoms with Crippen LogP contribution in [0.4, 0.5) is 10.5 Å². The Kier molecular flexibility index (Phi) is 4.48. The fraction of sp³-hybridized carbons (Fsp3) is 0.667. The molecule has 1 aromatic carbocycles. The summed E-state index contributed by atoms with van der Waals surface area (Å²) in [5, 5.41) is 2.85. The lowest BCUT2D eigenvalue weighted by Gasteiger charge is -2.47. The van der Waals surface area contributed by atoms with E-state index in [1.807, 2.05) is 18.2 Å². The third-order valence-corrected chi connectivity index (χ3v) is 6.75. The SMILES string of the molecule is CC(C)C1CCC(N2CCC3(CC2)OC(=O)Nc2ccccc23)CC1. The van der Waals surface area contributed by atoms with E-state index in [1.54, 1.807) is 0 Å². The third kappa shape index (κ3) is 3.17. The molecule has 136 valence electrons. The lowest BCUT2D eigenvalue weighted by Crippen LogP contribution is -2.51. The van der Waals surface area contributed by atoms with Gasteiger partial charge in [0.15, 0.2) is 0 Å². The summed E-state index contributed by atoms with van der Waals surface area (Å²) in [6, 6.07) is 8.83. The van der Waals surface area contributed by atoms with Gasteiger partial charge in [-0.15, -0.1) is 0 Å². The maximum atomic E-state index is 12.0. The lowest BCUT2D eigenvalue weighted by molar-refractivity contribution is -0.0502. The normalized spacial score (nSPS) is 29.2. The number of likely N-dealkylation sites (tertiary alicyclic amines) is 1. The van der Waals surface area contributed by atoms with E-state index >= 15 is 0 Å². The molecule has 1 spiro atoms. The Morgan fingerprint density at radius 1 is 1.12 bits per heavy atom. The van der Waals surface area contributed by atoms with E-state index in [9.17, 15) is 4.79 Å². The molecule has 0 radical (unpaired) electrons. The molecular weight excluding hydrogens is 312 g/mol. The van der Waals surface area contributed by atoms with Gasteiger partial charge in [-0.05, 0) is 43.6 Å². The first-order valence-electron chi connectivity index (χ1n) is 9.91. The number of anilines is 1. The van der Waals surface area contributed by atoms with Gasteiger partial charge in [0.05, 0.1) is 5.69 Å². The van der Waals surface area contributed by atoms with Gasteiger partial charge in [0.2, 0.25) is 0 Å². The van der Waals surface area contributed by atoms with Crippen molar-refractivity contribution in [1.82, 2.24) is 4.90 Å². The van der Waals surface area contributed by atoms with Crippen LogP contribution in [0.25, 0.3) is 0 Å². The Morgan fingerprint density at radius 2 is 1.80 bits per heavy atom. The Hall–Kier alpha value is -1.55. The number of fused-ring (bicyclic) bond motifs is 2. The van der Waals surface area contributed by atoms with Gasteiger partial charge < -0.3 is 9.64 Å². The second-order valence-corrected chi connectivity index (χ2v) is 8.40. The van der Waals surface area contributed by atoms with Crippen molar-refractivity contribution < 1.29 is 9.53 Å². The fourth-order valence-electron chi connectivity index (χ4n) is 5.11. The molecule has 4 heteroatoms. The van der Waals surface area contributed by atoms with Crippen molar-refractivity contribution in [3.63, 3.8) is 0 Å². The number of para-hydroxylation sites is 1. The summed E-state index contributed by atoms with van der Waals surface area (Å²) < 4.78 is 5.85. The van der Waals surface area contributed by atoms with Crippen LogP contribution in [0.5, 0.6) is 0 Å². The van der Waals surface area contributed by atoms with E-state index in [0.29, 0.717) is 0 Å². The van der Waals surface area contributed by atoms with Gasteiger partial charge in [0.25, 0.3) is 0 Å². The first-order valence-corrected chi connectivity index (χ1v) is 9.91. The Balaban J connectivity index is 1.43. The van der Waals surface area contributed by atoms with Crippen LogP contribution in [-0.4, -0.2) is 30.1 Å². The van der Waals surface area contributed by atoms with Crippen molar-refractivity contribution in [2.24, 2.45) is 11.8 Å². The molecule has 2 heterocycles. The minimum atomic E-state index is -0.426. The molecule has 0 atom stereocenters. The zero-order valence-corrected chi connectivity index (χ0v) is 15.5. The minimum absolute atomic E-state index is 0.301. The van der Waals surface area contributed by atoms with Crippen molar-refractivity contribution in [2.75, 3.05) is 18.4 Å².